The molecule has 0 radical (unpaired) electrons. The van der Waals surface area contributed by atoms with E-state index in [0.717, 1.165) is 11.0 Å². The van der Waals surface area contributed by atoms with Crippen LogP contribution in [-0.2, 0) is 6.18 Å². The molecule has 0 heterocycles. The van der Waals surface area contributed by atoms with Crippen molar-refractivity contribution in [2.45, 2.75) is 19.1 Å². The minimum absolute atomic E-state index is 0.111. The third kappa shape index (κ3) is 3.47. The second-order valence-corrected chi connectivity index (χ2v) is 4.77. The lowest BCUT2D eigenvalue weighted by atomic mass is 10.1. The molecule has 0 bridgehead atoms. The van der Waals surface area contributed by atoms with E-state index < -0.39 is 23.7 Å². The molecule has 0 saturated carbocycles. The minimum atomic E-state index is -4.55. The lowest BCUT2D eigenvalue weighted by Crippen LogP contribution is -2.34. The summed E-state index contributed by atoms with van der Waals surface area (Å²) < 4.78 is 38.0. The predicted octanol–water partition coefficient (Wildman–Crippen LogP) is 3.45. The number of carbonyl (C=O) groups is 1. The van der Waals surface area contributed by atoms with Gasteiger partial charge < -0.3 is 4.90 Å². The molecule has 1 rings (SSSR count). The maximum atomic E-state index is 12.7. The first-order valence-electron chi connectivity index (χ1n) is 5.22. The number of carbonyl (C=O) groups excluding carboxylic acids is 1. The summed E-state index contributed by atoms with van der Waals surface area (Å²) in [6.45, 7) is 1.49. The van der Waals surface area contributed by atoms with Crippen LogP contribution in [0.25, 0.3) is 0 Å². The number of nitriles is 1. The maximum Gasteiger partial charge on any atom is 0.417 e. The topological polar surface area (TPSA) is 44.1 Å². The molecule has 0 saturated heterocycles. The van der Waals surface area contributed by atoms with Crippen LogP contribution < -0.4 is 0 Å². The predicted molar refractivity (Wildman–Crippen MR) is 66.3 cm³/mol. The first-order chi connectivity index (χ1) is 8.68. The fraction of sp³-hybridized carbons (Fsp3) is 0.333. The molecule has 0 aliphatic heterocycles. The highest BCUT2D eigenvalue weighted by Crippen LogP contribution is 2.35. The van der Waals surface area contributed by atoms with Crippen molar-refractivity contribution in [1.82, 2.24) is 4.90 Å². The Hall–Kier alpha value is -1.55. The van der Waals surface area contributed by atoms with Crippen molar-refractivity contribution in [1.29, 1.82) is 5.26 Å². The molecule has 1 aromatic rings. The van der Waals surface area contributed by atoms with E-state index in [1.54, 1.807) is 0 Å². The van der Waals surface area contributed by atoms with Gasteiger partial charge in [-0.2, -0.15) is 18.4 Å². The minimum Gasteiger partial charge on any atom is -0.326 e. The van der Waals surface area contributed by atoms with E-state index >= 15 is 0 Å². The lowest BCUT2D eigenvalue weighted by molar-refractivity contribution is -0.138. The van der Waals surface area contributed by atoms with E-state index in [9.17, 15) is 18.0 Å². The second-order valence-electron chi connectivity index (χ2n) is 3.91. The van der Waals surface area contributed by atoms with Crippen molar-refractivity contribution >= 4 is 21.8 Å². The van der Waals surface area contributed by atoms with E-state index in [2.05, 4.69) is 15.9 Å². The zero-order chi connectivity index (χ0) is 14.8. The van der Waals surface area contributed by atoms with Gasteiger partial charge in [0.15, 0.2) is 0 Å². The lowest BCUT2D eigenvalue weighted by Gasteiger charge is -2.20. The van der Waals surface area contributed by atoms with Crippen molar-refractivity contribution in [3.63, 3.8) is 0 Å². The number of halogens is 4. The molecule has 0 N–H and O–H groups in total. The first-order valence-corrected chi connectivity index (χ1v) is 6.01. The van der Waals surface area contributed by atoms with Crippen LogP contribution in [0.2, 0.25) is 0 Å². The van der Waals surface area contributed by atoms with Gasteiger partial charge in [0.2, 0.25) is 0 Å². The van der Waals surface area contributed by atoms with Crippen molar-refractivity contribution in [3.05, 3.63) is 33.8 Å². The van der Waals surface area contributed by atoms with Crippen LogP contribution in [0.4, 0.5) is 13.2 Å². The Morgan fingerprint density at radius 3 is 2.53 bits per heavy atom. The Morgan fingerprint density at radius 1 is 1.47 bits per heavy atom. The highest BCUT2D eigenvalue weighted by atomic mass is 79.9. The highest BCUT2D eigenvalue weighted by molar-refractivity contribution is 9.10. The summed E-state index contributed by atoms with van der Waals surface area (Å²) in [7, 11) is 1.37. The monoisotopic (exact) mass is 334 g/mol. The summed E-state index contributed by atoms with van der Waals surface area (Å²) in [4.78, 5) is 13.0. The van der Waals surface area contributed by atoms with Crippen LogP contribution in [0.15, 0.2) is 22.7 Å². The molecule has 19 heavy (non-hydrogen) atoms. The second kappa shape index (κ2) is 5.61. The molecule has 0 aliphatic rings. The number of amides is 1. The summed E-state index contributed by atoms with van der Waals surface area (Å²) in [5.41, 5.74) is -1.03. The summed E-state index contributed by atoms with van der Waals surface area (Å²) in [6, 6.07) is 4.35. The van der Waals surface area contributed by atoms with Gasteiger partial charge in [-0.25, -0.2) is 0 Å². The number of rotatable bonds is 2. The van der Waals surface area contributed by atoms with Gasteiger partial charge in [-0.1, -0.05) is 15.9 Å². The van der Waals surface area contributed by atoms with Crippen molar-refractivity contribution in [2.75, 3.05) is 7.05 Å². The first kappa shape index (κ1) is 15.5. The molecular formula is C12H10BrF3N2O. The number of nitrogens with zero attached hydrogens (tertiary/aromatic N) is 2. The molecule has 1 amide bonds. The Morgan fingerprint density at radius 2 is 2.05 bits per heavy atom. The molecule has 1 atom stereocenters. The molecular weight excluding hydrogens is 325 g/mol. The average Bonchev–Trinajstić information content (AvgIpc) is 2.35. The summed E-state index contributed by atoms with van der Waals surface area (Å²) in [5.74, 6) is -0.632. The third-order valence-electron chi connectivity index (χ3n) is 2.61. The zero-order valence-electron chi connectivity index (χ0n) is 10.1. The molecule has 0 spiro atoms. The normalized spacial score (nSPS) is 12.7. The van der Waals surface area contributed by atoms with E-state index in [4.69, 9.17) is 5.26 Å². The highest BCUT2D eigenvalue weighted by Gasteiger charge is 2.34. The molecule has 0 aromatic heterocycles. The van der Waals surface area contributed by atoms with E-state index in [0.29, 0.717) is 0 Å². The smallest absolute Gasteiger partial charge is 0.326 e. The third-order valence-corrected chi connectivity index (χ3v) is 3.30. The Labute approximate surface area is 116 Å². The number of benzene rings is 1. The van der Waals surface area contributed by atoms with Crippen LogP contribution in [0, 0.1) is 11.3 Å². The van der Waals surface area contributed by atoms with Crippen molar-refractivity contribution in [3.8, 4) is 6.07 Å². The van der Waals surface area contributed by atoms with Crippen LogP contribution in [-0.4, -0.2) is 23.9 Å². The molecule has 0 fully saturated rings. The van der Waals surface area contributed by atoms with Gasteiger partial charge in [0.1, 0.15) is 6.04 Å². The molecule has 3 nitrogen and oxygen atoms in total. The van der Waals surface area contributed by atoms with Crippen molar-refractivity contribution < 1.29 is 18.0 Å². The number of alkyl halides is 3. The van der Waals surface area contributed by atoms with E-state index in [-0.39, 0.29) is 10.0 Å². The van der Waals surface area contributed by atoms with Gasteiger partial charge >= 0.3 is 6.18 Å². The standard InChI is InChI=1S/C12H10BrF3N2O/c1-7(6-17)18(2)11(19)8-3-4-10(13)9(5-8)12(14,15)16/h3-5,7H,1-2H3. The Balaban J connectivity index is 3.17. The van der Waals surface area contributed by atoms with Crippen LogP contribution in [0.1, 0.15) is 22.8 Å². The summed E-state index contributed by atoms with van der Waals surface area (Å²) in [5, 5.41) is 8.70. The molecule has 0 aliphatic carbocycles. The summed E-state index contributed by atoms with van der Waals surface area (Å²) >= 11 is 2.80. The average molecular weight is 335 g/mol. The van der Waals surface area contributed by atoms with Gasteiger partial charge in [0.25, 0.3) is 5.91 Å². The van der Waals surface area contributed by atoms with Crippen LogP contribution >= 0.6 is 15.9 Å². The molecule has 102 valence electrons. The Bertz CT molecular complexity index is 537. The number of hydrogen-bond acceptors (Lipinski definition) is 2. The van der Waals surface area contributed by atoms with Crippen LogP contribution in [0.5, 0.6) is 0 Å². The van der Waals surface area contributed by atoms with Gasteiger partial charge in [0, 0.05) is 17.1 Å². The van der Waals surface area contributed by atoms with Gasteiger partial charge in [-0.05, 0) is 25.1 Å². The van der Waals surface area contributed by atoms with E-state index in [1.807, 2.05) is 6.07 Å². The van der Waals surface area contributed by atoms with Gasteiger partial charge in [-0.3, -0.25) is 4.79 Å². The van der Waals surface area contributed by atoms with Gasteiger partial charge in [-0.15, -0.1) is 0 Å². The van der Waals surface area contributed by atoms with Gasteiger partial charge in [0.05, 0.1) is 11.6 Å². The fourth-order valence-corrected chi connectivity index (χ4v) is 1.81. The fourth-order valence-electron chi connectivity index (χ4n) is 1.34. The Kier molecular flexibility index (Phi) is 4.58. The quantitative estimate of drug-likeness (QED) is 0.831. The van der Waals surface area contributed by atoms with Crippen molar-refractivity contribution in [2.24, 2.45) is 0 Å². The van der Waals surface area contributed by atoms with E-state index in [1.165, 1.54) is 26.1 Å². The number of hydrogen-bond donors (Lipinski definition) is 0. The SMILES string of the molecule is CC(C#N)N(C)C(=O)c1ccc(Br)c(C(F)(F)F)c1. The molecule has 7 heteroatoms. The van der Waals surface area contributed by atoms with Crippen LogP contribution in [0.3, 0.4) is 0 Å². The summed E-state index contributed by atoms with van der Waals surface area (Å²) in [6.07, 6.45) is -4.55. The largest absolute Gasteiger partial charge is 0.417 e. The zero-order valence-corrected chi connectivity index (χ0v) is 11.7. The molecule has 1 unspecified atom stereocenters. The molecule has 1 aromatic carbocycles. The maximum absolute atomic E-state index is 12.7.